The highest BCUT2D eigenvalue weighted by Crippen LogP contribution is 2.38. The van der Waals surface area contributed by atoms with Crippen molar-refractivity contribution in [2.24, 2.45) is 0 Å². The van der Waals surface area contributed by atoms with Crippen molar-refractivity contribution >= 4 is 11.6 Å². The van der Waals surface area contributed by atoms with Gasteiger partial charge in [0.25, 0.3) is 0 Å². The standard InChI is InChI=1S/C13H14N4O2/c1-8(18)10-4-5-11(14-6-10)15-7-12-16-13(19-17-12)9-2-3-9/h4-6,9H,2-3,7H2,1H3,(H,14,15). The summed E-state index contributed by atoms with van der Waals surface area (Å²) >= 11 is 0. The van der Waals surface area contributed by atoms with Crippen LogP contribution in [0.3, 0.4) is 0 Å². The fourth-order valence-electron chi connectivity index (χ4n) is 1.71. The van der Waals surface area contributed by atoms with Crippen molar-refractivity contribution in [3.8, 4) is 0 Å². The average Bonchev–Trinajstić information content (AvgIpc) is 3.16. The van der Waals surface area contributed by atoms with Gasteiger partial charge in [0.15, 0.2) is 11.6 Å². The van der Waals surface area contributed by atoms with Crippen LogP contribution in [0.25, 0.3) is 0 Å². The van der Waals surface area contributed by atoms with E-state index in [0.717, 1.165) is 18.7 Å². The molecule has 6 nitrogen and oxygen atoms in total. The molecule has 0 aromatic carbocycles. The van der Waals surface area contributed by atoms with Gasteiger partial charge in [0.2, 0.25) is 5.89 Å². The minimum absolute atomic E-state index is 0.00583. The Morgan fingerprint density at radius 3 is 2.95 bits per heavy atom. The first kappa shape index (κ1) is 11.8. The van der Waals surface area contributed by atoms with Crippen LogP contribution in [0.5, 0.6) is 0 Å². The Hall–Kier alpha value is -2.24. The third kappa shape index (κ3) is 2.78. The molecule has 0 spiro atoms. The lowest BCUT2D eigenvalue weighted by molar-refractivity contribution is 0.101. The van der Waals surface area contributed by atoms with Crippen LogP contribution >= 0.6 is 0 Å². The summed E-state index contributed by atoms with van der Waals surface area (Å²) < 4.78 is 5.16. The lowest BCUT2D eigenvalue weighted by Crippen LogP contribution is -2.03. The molecular formula is C13H14N4O2. The van der Waals surface area contributed by atoms with Crippen LogP contribution in [-0.4, -0.2) is 20.9 Å². The van der Waals surface area contributed by atoms with Gasteiger partial charge in [-0.05, 0) is 31.9 Å². The minimum atomic E-state index is 0.00583. The van der Waals surface area contributed by atoms with Crippen LogP contribution in [0, 0.1) is 0 Å². The van der Waals surface area contributed by atoms with E-state index in [4.69, 9.17) is 4.52 Å². The van der Waals surface area contributed by atoms with Gasteiger partial charge in [0, 0.05) is 17.7 Å². The van der Waals surface area contributed by atoms with Crippen LogP contribution in [-0.2, 0) is 6.54 Å². The number of hydrogen-bond donors (Lipinski definition) is 1. The molecule has 1 saturated carbocycles. The molecule has 1 fully saturated rings. The number of rotatable bonds is 5. The molecule has 0 saturated heterocycles. The number of nitrogens with one attached hydrogen (secondary N) is 1. The highest BCUT2D eigenvalue weighted by Gasteiger charge is 2.29. The summed E-state index contributed by atoms with van der Waals surface area (Å²) in [6.45, 7) is 1.98. The molecule has 2 heterocycles. The Balaban J connectivity index is 1.59. The summed E-state index contributed by atoms with van der Waals surface area (Å²) in [5.74, 6) is 2.51. The number of carbonyl (C=O) groups is 1. The molecule has 19 heavy (non-hydrogen) atoms. The third-order valence-corrected chi connectivity index (χ3v) is 3.01. The molecule has 0 radical (unpaired) electrons. The van der Waals surface area contributed by atoms with Crippen LogP contribution in [0.15, 0.2) is 22.9 Å². The van der Waals surface area contributed by atoms with Gasteiger partial charge >= 0.3 is 0 Å². The summed E-state index contributed by atoms with van der Waals surface area (Å²) in [6.07, 6.45) is 3.84. The highest BCUT2D eigenvalue weighted by atomic mass is 16.5. The van der Waals surface area contributed by atoms with Gasteiger partial charge in [0.1, 0.15) is 5.82 Å². The summed E-state index contributed by atoms with van der Waals surface area (Å²) in [5.41, 5.74) is 0.598. The molecular weight excluding hydrogens is 244 g/mol. The fourth-order valence-corrected chi connectivity index (χ4v) is 1.71. The number of nitrogens with zero attached hydrogens (tertiary/aromatic N) is 3. The van der Waals surface area contributed by atoms with Gasteiger partial charge in [0.05, 0.1) is 6.54 Å². The largest absolute Gasteiger partial charge is 0.363 e. The quantitative estimate of drug-likeness (QED) is 0.828. The normalized spacial score (nSPS) is 14.4. The maximum absolute atomic E-state index is 11.1. The monoisotopic (exact) mass is 258 g/mol. The lowest BCUT2D eigenvalue weighted by Gasteiger charge is -2.02. The molecule has 0 bridgehead atoms. The number of anilines is 1. The van der Waals surface area contributed by atoms with E-state index < -0.39 is 0 Å². The van der Waals surface area contributed by atoms with Crippen molar-refractivity contribution in [3.05, 3.63) is 35.6 Å². The van der Waals surface area contributed by atoms with E-state index in [2.05, 4.69) is 20.4 Å². The summed E-state index contributed by atoms with van der Waals surface area (Å²) in [4.78, 5) is 19.6. The number of ketones is 1. The van der Waals surface area contributed by atoms with Crippen LogP contribution in [0.1, 0.15) is 47.8 Å². The van der Waals surface area contributed by atoms with Crippen LogP contribution in [0.4, 0.5) is 5.82 Å². The second-order valence-corrected chi connectivity index (χ2v) is 4.66. The fraction of sp³-hybridized carbons (Fsp3) is 0.385. The molecule has 98 valence electrons. The van der Waals surface area contributed by atoms with E-state index in [9.17, 15) is 4.79 Å². The van der Waals surface area contributed by atoms with E-state index in [0.29, 0.717) is 29.7 Å². The van der Waals surface area contributed by atoms with E-state index in [1.807, 2.05) is 0 Å². The van der Waals surface area contributed by atoms with Crippen molar-refractivity contribution < 1.29 is 9.32 Å². The predicted molar refractivity (Wildman–Crippen MR) is 67.8 cm³/mol. The lowest BCUT2D eigenvalue weighted by atomic mass is 10.2. The summed E-state index contributed by atoms with van der Waals surface area (Å²) in [7, 11) is 0. The topological polar surface area (TPSA) is 80.9 Å². The molecule has 0 atom stereocenters. The number of pyridine rings is 1. The predicted octanol–water partition coefficient (Wildman–Crippen LogP) is 2.16. The van der Waals surface area contributed by atoms with E-state index in [1.54, 1.807) is 18.3 Å². The van der Waals surface area contributed by atoms with Gasteiger partial charge in [-0.2, -0.15) is 4.98 Å². The molecule has 1 aliphatic carbocycles. The summed E-state index contributed by atoms with van der Waals surface area (Å²) in [6, 6.07) is 3.50. The van der Waals surface area contributed by atoms with Crippen LogP contribution < -0.4 is 5.32 Å². The Labute approximate surface area is 110 Å². The van der Waals surface area contributed by atoms with Crippen molar-refractivity contribution in [1.82, 2.24) is 15.1 Å². The minimum Gasteiger partial charge on any atom is -0.363 e. The molecule has 6 heteroatoms. The first-order valence-corrected chi connectivity index (χ1v) is 6.26. The van der Waals surface area contributed by atoms with Gasteiger partial charge < -0.3 is 9.84 Å². The maximum Gasteiger partial charge on any atom is 0.229 e. The Kier molecular flexibility index (Phi) is 2.98. The van der Waals surface area contributed by atoms with Crippen LogP contribution in [0.2, 0.25) is 0 Å². The van der Waals surface area contributed by atoms with E-state index in [-0.39, 0.29) is 5.78 Å². The molecule has 0 unspecified atom stereocenters. The van der Waals surface area contributed by atoms with Crippen molar-refractivity contribution in [1.29, 1.82) is 0 Å². The van der Waals surface area contributed by atoms with Gasteiger partial charge in [-0.1, -0.05) is 5.16 Å². The zero-order valence-corrected chi connectivity index (χ0v) is 10.6. The maximum atomic E-state index is 11.1. The molecule has 2 aromatic rings. The second-order valence-electron chi connectivity index (χ2n) is 4.66. The Morgan fingerprint density at radius 2 is 2.32 bits per heavy atom. The molecule has 3 rings (SSSR count). The van der Waals surface area contributed by atoms with Crippen molar-refractivity contribution in [2.45, 2.75) is 32.2 Å². The highest BCUT2D eigenvalue weighted by molar-refractivity contribution is 5.93. The van der Waals surface area contributed by atoms with Crippen molar-refractivity contribution in [2.75, 3.05) is 5.32 Å². The number of carbonyl (C=O) groups excluding carboxylic acids is 1. The first-order chi connectivity index (χ1) is 9.22. The SMILES string of the molecule is CC(=O)c1ccc(NCc2noc(C3CC3)n2)nc1. The molecule has 0 aliphatic heterocycles. The van der Waals surface area contributed by atoms with Gasteiger partial charge in [-0.15, -0.1) is 0 Å². The second kappa shape index (κ2) is 4.79. The van der Waals surface area contributed by atoms with E-state index in [1.165, 1.54) is 6.92 Å². The summed E-state index contributed by atoms with van der Waals surface area (Å²) in [5, 5.41) is 7.00. The Bertz CT molecular complexity index is 587. The number of aromatic nitrogens is 3. The number of Topliss-reactive ketones (excluding diaryl/α,β-unsaturated/α-hetero) is 1. The Morgan fingerprint density at radius 1 is 1.47 bits per heavy atom. The zero-order valence-electron chi connectivity index (χ0n) is 10.6. The third-order valence-electron chi connectivity index (χ3n) is 3.01. The molecule has 2 aromatic heterocycles. The average molecular weight is 258 g/mol. The first-order valence-electron chi connectivity index (χ1n) is 6.26. The van der Waals surface area contributed by atoms with Gasteiger partial charge in [-0.25, -0.2) is 4.98 Å². The van der Waals surface area contributed by atoms with Crippen molar-refractivity contribution in [3.63, 3.8) is 0 Å². The molecule has 0 amide bonds. The van der Waals surface area contributed by atoms with Gasteiger partial charge in [-0.3, -0.25) is 4.79 Å². The number of hydrogen-bond acceptors (Lipinski definition) is 6. The smallest absolute Gasteiger partial charge is 0.229 e. The molecule has 1 N–H and O–H groups in total. The van der Waals surface area contributed by atoms with E-state index >= 15 is 0 Å². The zero-order chi connectivity index (χ0) is 13.2. The molecule has 1 aliphatic rings.